The molecule has 3 unspecified atom stereocenters. The molecule has 3 atom stereocenters. The Morgan fingerprint density at radius 2 is 2.33 bits per heavy atom. The van der Waals surface area contributed by atoms with Gasteiger partial charge in [-0.2, -0.15) is 0 Å². The van der Waals surface area contributed by atoms with Crippen LogP contribution >= 0.6 is 23.8 Å². The van der Waals surface area contributed by atoms with Crippen LogP contribution in [-0.2, 0) is 0 Å². The second kappa shape index (κ2) is 4.10. The van der Waals surface area contributed by atoms with Gasteiger partial charge in [0.25, 0.3) is 0 Å². The minimum absolute atomic E-state index is 0.160. The first-order chi connectivity index (χ1) is 5.65. The molecule has 0 saturated heterocycles. The summed E-state index contributed by atoms with van der Waals surface area (Å²) in [5.74, 6) is -0.449. The number of thiocarbonyl (C=S) groups is 1. The van der Waals surface area contributed by atoms with Crippen LogP contribution in [0.2, 0.25) is 0 Å². The molecule has 1 nitrogen and oxygen atoms in total. The lowest BCUT2D eigenvalue weighted by Crippen LogP contribution is -2.29. The molecule has 0 saturated carbocycles. The number of allylic oxidation sites excluding steroid dienone is 2. The van der Waals surface area contributed by atoms with Crippen LogP contribution in [0, 0.1) is 11.3 Å². The van der Waals surface area contributed by atoms with Gasteiger partial charge in [-0.1, -0.05) is 24.4 Å². The Hall–Kier alpha value is -0.280. The minimum atomic E-state index is -1.10. The number of hydrogen-bond donors (Lipinski definition) is 1. The molecule has 0 aromatic carbocycles. The van der Waals surface area contributed by atoms with Crippen LogP contribution in [0.15, 0.2) is 12.2 Å². The molecular formula is C8H9ClFNS. The largest absolute Gasteiger partial charge is 0.304 e. The van der Waals surface area contributed by atoms with Crippen molar-refractivity contribution in [2.45, 2.75) is 18.0 Å². The number of rotatable bonds is 2. The highest BCUT2D eigenvalue weighted by Gasteiger charge is 2.27. The van der Waals surface area contributed by atoms with Gasteiger partial charge in [0.2, 0.25) is 0 Å². The highest BCUT2D eigenvalue weighted by molar-refractivity contribution is 7.80. The van der Waals surface area contributed by atoms with E-state index in [0.717, 1.165) is 0 Å². The van der Waals surface area contributed by atoms with E-state index in [0.29, 0.717) is 6.42 Å². The smallest absolute Gasteiger partial charge is 0.127 e. The van der Waals surface area contributed by atoms with E-state index in [1.807, 2.05) is 0 Å². The van der Waals surface area contributed by atoms with Gasteiger partial charge in [0, 0.05) is 17.0 Å². The van der Waals surface area contributed by atoms with Crippen LogP contribution in [0.3, 0.4) is 0 Å². The Kier molecular flexibility index (Phi) is 3.35. The highest BCUT2D eigenvalue weighted by atomic mass is 35.5. The summed E-state index contributed by atoms with van der Waals surface area (Å²) in [6.45, 7) is 0. The van der Waals surface area contributed by atoms with Gasteiger partial charge < -0.3 is 5.41 Å². The van der Waals surface area contributed by atoms with E-state index in [2.05, 4.69) is 12.2 Å². The third-order valence-corrected chi connectivity index (χ3v) is 2.47. The number of nitrogens with one attached hydrogen (secondary N) is 1. The van der Waals surface area contributed by atoms with Crippen molar-refractivity contribution < 1.29 is 4.39 Å². The maximum absolute atomic E-state index is 13.1. The standard InChI is InChI=1S/C8H9ClFNS/c9-5-1-2-7(10)6(3-5)8(11)4-12/h1-2,4-7,11H,3H2. The van der Waals surface area contributed by atoms with Gasteiger partial charge in [-0.15, -0.1) is 11.6 Å². The molecule has 4 heteroatoms. The summed E-state index contributed by atoms with van der Waals surface area (Å²) in [7, 11) is 0. The predicted molar refractivity (Wildman–Crippen MR) is 53.2 cm³/mol. The van der Waals surface area contributed by atoms with Gasteiger partial charge in [-0.25, -0.2) is 4.39 Å². The fourth-order valence-electron chi connectivity index (χ4n) is 1.20. The molecule has 1 aliphatic rings. The van der Waals surface area contributed by atoms with Crippen LogP contribution in [0.5, 0.6) is 0 Å². The molecule has 1 aliphatic carbocycles. The van der Waals surface area contributed by atoms with E-state index >= 15 is 0 Å². The molecule has 0 aromatic rings. The summed E-state index contributed by atoms with van der Waals surface area (Å²) in [6.07, 6.45) is 2.38. The molecular weight excluding hydrogens is 197 g/mol. The Morgan fingerprint density at radius 3 is 2.92 bits per heavy atom. The average Bonchev–Trinajstić information content (AvgIpc) is 2.08. The van der Waals surface area contributed by atoms with E-state index in [1.165, 1.54) is 11.4 Å². The molecule has 0 aliphatic heterocycles. The first kappa shape index (κ1) is 9.81. The van der Waals surface area contributed by atoms with E-state index in [4.69, 9.17) is 17.0 Å². The predicted octanol–water partition coefficient (Wildman–Crippen LogP) is 2.53. The van der Waals surface area contributed by atoms with Crippen LogP contribution < -0.4 is 0 Å². The van der Waals surface area contributed by atoms with Crippen molar-refractivity contribution in [3.8, 4) is 0 Å². The average molecular weight is 206 g/mol. The molecule has 0 bridgehead atoms. The maximum atomic E-state index is 13.1. The van der Waals surface area contributed by atoms with Gasteiger partial charge in [0.1, 0.15) is 6.17 Å². The Morgan fingerprint density at radius 1 is 1.67 bits per heavy atom. The molecule has 12 heavy (non-hydrogen) atoms. The lowest BCUT2D eigenvalue weighted by Gasteiger charge is -2.23. The van der Waals surface area contributed by atoms with Gasteiger partial charge in [0.05, 0.1) is 5.38 Å². The molecule has 1 rings (SSSR count). The fraction of sp³-hybridized carbons (Fsp3) is 0.500. The first-order valence-corrected chi connectivity index (χ1v) is 4.56. The summed E-state index contributed by atoms with van der Waals surface area (Å²) in [6, 6.07) is 0. The number of halogens is 2. The van der Waals surface area contributed by atoms with Gasteiger partial charge in [-0.3, -0.25) is 0 Å². The van der Waals surface area contributed by atoms with Crippen molar-refractivity contribution in [3.05, 3.63) is 12.2 Å². The molecule has 66 valence electrons. The second-order valence-electron chi connectivity index (χ2n) is 2.76. The molecule has 0 heterocycles. The van der Waals surface area contributed by atoms with Gasteiger partial charge in [0.15, 0.2) is 0 Å². The second-order valence-corrected chi connectivity index (χ2v) is 3.56. The van der Waals surface area contributed by atoms with Crippen molar-refractivity contribution in [2.75, 3.05) is 0 Å². The van der Waals surface area contributed by atoms with E-state index in [1.54, 1.807) is 6.08 Å². The molecule has 0 aromatic heterocycles. The number of hydrogen-bond acceptors (Lipinski definition) is 2. The van der Waals surface area contributed by atoms with Crippen molar-refractivity contribution in [1.29, 1.82) is 5.41 Å². The van der Waals surface area contributed by atoms with Crippen LogP contribution in [-0.4, -0.2) is 22.6 Å². The lowest BCUT2D eigenvalue weighted by molar-refractivity contribution is 0.316. The third kappa shape index (κ3) is 2.11. The molecule has 1 N–H and O–H groups in total. The van der Waals surface area contributed by atoms with Crippen molar-refractivity contribution in [3.63, 3.8) is 0 Å². The Balaban J connectivity index is 2.71. The van der Waals surface area contributed by atoms with E-state index in [9.17, 15) is 4.39 Å². The molecule has 0 amide bonds. The Bertz CT molecular complexity index is 229. The van der Waals surface area contributed by atoms with Crippen LogP contribution in [0.25, 0.3) is 0 Å². The van der Waals surface area contributed by atoms with Crippen molar-refractivity contribution in [1.82, 2.24) is 0 Å². The minimum Gasteiger partial charge on any atom is -0.304 e. The van der Waals surface area contributed by atoms with E-state index in [-0.39, 0.29) is 11.1 Å². The SMILES string of the molecule is N=C(C=S)C1CC(Cl)C=CC1F. The van der Waals surface area contributed by atoms with Crippen LogP contribution in [0.4, 0.5) is 4.39 Å². The maximum Gasteiger partial charge on any atom is 0.127 e. The quantitative estimate of drug-likeness (QED) is 0.319. The number of alkyl halides is 2. The summed E-state index contributed by atoms with van der Waals surface area (Å²) < 4.78 is 13.1. The highest BCUT2D eigenvalue weighted by Crippen LogP contribution is 2.25. The first-order valence-electron chi connectivity index (χ1n) is 3.65. The summed E-state index contributed by atoms with van der Waals surface area (Å²) in [5, 5.41) is 8.40. The zero-order chi connectivity index (χ0) is 9.14. The molecule has 0 fully saturated rings. The third-order valence-electron chi connectivity index (χ3n) is 1.89. The zero-order valence-electron chi connectivity index (χ0n) is 6.34. The van der Waals surface area contributed by atoms with Gasteiger partial charge in [-0.05, 0) is 6.42 Å². The summed E-state index contributed by atoms with van der Waals surface area (Å²) >= 11 is 10.3. The van der Waals surface area contributed by atoms with Crippen LogP contribution in [0.1, 0.15) is 6.42 Å². The normalized spacial score (nSPS) is 34.7. The van der Waals surface area contributed by atoms with E-state index < -0.39 is 12.1 Å². The Labute approximate surface area is 81.1 Å². The lowest BCUT2D eigenvalue weighted by atomic mass is 9.89. The fourth-order valence-corrected chi connectivity index (χ4v) is 1.65. The van der Waals surface area contributed by atoms with Crippen molar-refractivity contribution in [2.24, 2.45) is 5.92 Å². The topological polar surface area (TPSA) is 23.9 Å². The van der Waals surface area contributed by atoms with Gasteiger partial charge >= 0.3 is 0 Å². The zero-order valence-corrected chi connectivity index (χ0v) is 7.91. The molecule has 0 spiro atoms. The summed E-state index contributed by atoms with van der Waals surface area (Å²) in [4.78, 5) is 0. The summed E-state index contributed by atoms with van der Waals surface area (Å²) in [5.41, 5.74) is 0.160. The molecule has 0 radical (unpaired) electrons. The van der Waals surface area contributed by atoms with Crippen molar-refractivity contribution >= 4 is 34.9 Å². The monoisotopic (exact) mass is 205 g/mol.